The van der Waals surface area contributed by atoms with Gasteiger partial charge in [-0.1, -0.05) is 41.4 Å². The molecule has 0 bridgehead atoms. The number of hydrogen-bond acceptors (Lipinski definition) is 2. The fourth-order valence-corrected chi connectivity index (χ4v) is 2.37. The van der Waals surface area contributed by atoms with Gasteiger partial charge in [-0.2, -0.15) is 0 Å². The third kappa shape index (κ3) is 4.15. The molecule has 0 saturated carbocycles. The summed E-state index contributed by atoms with van der Waals surface area (Å²) in [4.78, 5) is 11.0. The number of carbonyl (C=O) groups is 1. The molecule has 0 saturated heterocycles. The van der Waals surface area contributed by atoms with Gasteiger partial charge in [0.25, 0.3) is 0 Å². The summed E-state index contributed by atoms with van der Waals surface area (Å²) in [7, 11) is 0. The maximum absolute atomic E-state index is 11.0. The van der Waals surface area contributed by atoms with Crippen molar-refractivity contribution in [3.05, 3.63) is 63.6 Å². The minimum absolute atomic E-state index is 0.512. The Morgan fingerprint density at radius 1 is 1.14 bits per heavy atom. The molecule has 0 aliphatic rings. The molecule has 0 amide bonds. The normalized spacial score (nSPS) is 11.3. The number of hydrogen-bond donors (Lipinski definition) is 1. The third-order valence-electron chi connectivity index (χ3n) is 3.22. The molecule has 0 fully saturated rings. The molecule has 0 radical (unpaired) electrons. The number of carboxylic acid groups (broad SMARTS) is 1. The van der Waals surface area contributed by atoms with Crippen LogP contribution < -0.4 is 4.74 Å². The lowest BCUT2D eigenvalue weighted by Gasteiger charge is -2.21. The monoisotopic (exact) mass is 338 g/mol. The molecule has 0 aromatic heterocycles. The van der Waals surface area contributed by atoms with Crippen LogP contribution in [0.4, 0.5) is 0 Å². The fraction of sp³-hybridized carbons (Fsp3) is 0.235. The second kappa shape index (κ2) is 6.59. The van der Waals surface area contributed by atoms with E-state index >= 15 is 0 Å². The van der Waals surface area contributed by atoms with Gasteiger partial charge >= 0.3 is 5.97 Å². The molecular formula is C17H16Cl2O3. The maximum Gasteiger partial charge on any atom is 0.347 e. The Morgan fingerprint density at radius 3 is 2.32 bits per heavy atom. The van der Waals surface area contributed by atoms with Crippen molar-refractivity contribution in [1.82, 2.24) is 0 Å². The molecule has 0 heterocycles. The van der Waals surface area contributed by atoms with Crippen LogP contribution >= 0.6 is 23.2 Å². The number of rotatable bonds is 5. The molecule has 0 unspecified atom stereocenters. The third-order valence-corrected chi connectivity index (χ3v) is 3.81. The predicted octanol–water partition coefficient (Wildman–Crippen LogP) is 4.83. The average molecular weight is 339 g/mol. The van der Waals surface area contributed by atoms with Crippen LogP contribution in [0.15, 0.2) is 42.5 Å². The molecule has 3 nitrogen and oxygen atoms in total. The van der Waals surface area contributed by atoms with Crippen molar-refractivity contribution < 1.29 is 14.6 Å². The first-order valence-corrected chi connectivity index (χ1v) is 7.49. The molecule has 5 heteroatoms. The van der Waals surface area contributed by atoms with E-state index in [1.54, 1.807) is 24.3 Å². The Kier molecular flexibility index (Phi) is 4.99. The van der Waals surface area contributed by atoms with Crippen LogP contribution in [0.2, 0.25) is 10.0 Å². The SMILES string of the molecule is CC(C)(Oc1ccc(Cc2ccc(Cl)cc2Cl)cc1)C(=O)O. The van der Waals surface area contributed by atoms with Crippen LogP contribution in [0.3, 0.4) is 0 Å². The van der Waals surface area contributed by atoms with Crippen LogP contribution in [0.5, 0.6) is 5.75 Å². The van der Waals surface area contributed by atoms with Gasteiger partial charge in [0.15, 0.2) is 5.60 Å². The van der Waals surface area contributed by atoms with E-state index < -0.39 is 11.6 Å². The Bertz CT molecular complexity index is 679. The summed E-state index contributed by atoms with van der Waals surface area (Å²) in [5.74, 6) is -0.497. The molecular weight excluding hydrogens is 323 g/mol. The molecule has 0 aliphatic heterocycles. The minimum atomic E-state index is -1.26. The minimum Gasteiger partial charge on any atom is -0.478 e. The van der Waals surface area contributed by atoms with Gasteiger partial charge in [0.2, 0.25) is 0 Å². The second-order valence-electron chi connectivity index (χ2n) is 5.47. The molecule has 0 spiro atoms. The van der Waals surface area contributed by atoms with E-state index in [2.05, 4.69) is 0 Å². The van der Waals surface area contributed by atoms with E-state index in [9.17, 15) is 4.79 Å². The van der Waals surface area contributed by atoms with Gasteiger partial charge in [0, 0.05) is 10.0 Å². The van der Waals surface area contributed by atoms with Crippen molar-refractivity contribution in [1.29, 1.82) is 0 Å². The van der Waals surface area contributed by atoms with Crippen molar-refractivity contribution in [3.63, 3.8) is 0 Å². The van der Waals surface area contributed by atoms with Gasteiger partial charge in [0.1, 0.15) is 5.75 Å². The summed E-state index contributed by atoms with van der Waals surface area (Å²) in [5.41, 5.74) is 0.761. The van der Waals surface area contributed by atoms with Crippen LogP contribution in [-0.4, -0.2) is 16.7 Å². The van der Waals surface area contributed by atoms with Crippen LogP contribution in [-0.2, 0) is 11.2 Å². The number of carboxylic acids is 1. The Balaban J connectivity index is 2.11. The Morgan fingerprint density at radius 2 is 1.77 bits per heavy atom. The highest BCUT2D eigenvalue weighted by molar-refractivity contribution is 6.35. The van der Waals surface area contributed by atoms with Crippen molar-refractivity contribution in [2.75, 3.05) is 0 Å². The van der Waals surface area contributed by atoms with E-state index in [1.165, 1.54) is 13.8 Å². The summed E-state index contributed by atoms with van der Waals surface area (Å²) in [5, 5.41) is 10.3. The largest absolute Gasteiger partial charge is 0.478 e. The van der Waals surface area contributed by atoms with E-state index in [0.29, 0.717) is 22.2 Å². The molecule has 0 aliphatic carbocycles. The van der Waals surface area contributed by atoms with Gasteiger partial charge in [-0.05, 0) is 55.7 Å². The molecule has 2 aromatic rings. The molecule has 2 aromatic carbocycles. The zero-order valence-electron chi connectivity index (χ0n) is 12.3. The topological polar surface area (TPSA) is 46.5 Å². The van der Waals surface area contributed by atoms with Crippen molar-refractivity contribution >= 4 is 29.2 Å². The first-order valence-electron chi connectivity index (χ1n) is 6.73. The second-order valence-corrected chi connectivity index (χ2v) is 6.32. The van der Waals surface area contributed by atoms with Gasteiger partial charge in [-0.25, -0.2) is 4.79 Å². The lowest BCUT2D eigenvalue weighted by atomic mass is 10.0. The van der Waals surface area contributed by atoms with Crippen LogP contribution in [0, 0.1) is 0 Å². The van der Waals surface area contributed by atoms with E-state index in [-0.39, 0.29) is 0 Å². The van der Waals surface area contributed by atoms with Crippen molar-refractivity contribution in [3.8, 4) is 5.75 Å². The summed E-state index contributed by atoms with van der Waals surface area (Å²) in [6, 6.07) is 12.7. The van der Waals surface area contributed by atoms with E-state index in [4.69, 9.17) is 33.0 Å². The highest BCUT2D eigenvalue weighted by Gasteiger charge is 2.29. The van der Waals surface area contributed by atoms with Gasteiger partial charge in [-0.15, -0.1) is 0 Å². The molecule has 22 heavy (non-hydrogen) atoms. The highest BCUT2D eigenvalue weighted by atomic mass is 35.5. The highest BCUT2D eigenvalue weighted by Crippen LogP contribution is 2.25. The molecule has 2 rings (SSSR count). The summed E-state index contributed by atoms with van der Waals surface area (Å²) < 4.78 is 5.46. The number of aliphatic carboxylic acids is 1. The quantitative estimate of drug-likeness (QED) is 0.849. The molecule has 1 N–H and O–H groups in total. The number of ether oxygens (including phenoxy) is 1. The Labute approximate surface area is 139 Å². The molecule has 116 valence electrons. The zero-order chi connectivity index (χ0) is 16.3. The molecule has 0 atom stereocenters. The van der Waals surface area contributed by atoms with Crippen LogP contribution in [0.1, 0.15) is 25.0 Å². The number of halogens is 2. The Hall–Kier alpha value is -1.71. The first kappa shape index (κ1) is 16.7. The average Bonchev–Trinajstić information content (AvgIpc) is 2.43. The lowest BCUT2D eigenvalue weighted by molar-refractivity contribution is -0.152. The number of benzene rings is 2. The van der Waals surface area contributed by atoms with Crippen molar-refractivity contribution in [2.24, 2.45) is 0 Å². The summed E-state index contributed by atoms with van der Waals surface area (Å²) in [6.45, 7) is 3.02. The maximum atomic E-state index is 11.0. The predicted molar refractivity (Wildman–Crippen MR) is 88.1 cm³/mol. The fourth-order valence-electron chi connectivity index (χ4n) is 1.90. The first-order chi connectivity index (χ1) is 10.3. The standard InChI is InChI=1S/C17H16Cl2O3/c1-17(2,16(20)21)22-14-7-3-11(4-8-14)9-12-5-6-13(18)10-15(12)19/h3-8,10H,9H2,1-2H3,(H,20,21). The van der Waals surface area contributed by atoms with Gasteiger partial charge in [-0.3, -0.25) is 0 Å². The van der Waals surface area contributed by atoms with Crippen LogP contribution in [0.25, 0.3) is 0 Å². The van der Waals surface area contributed by atoms with E-state index in [0.717, 1.165) is 11.1 Å². The van der Waals surface area contributed by atoms with Gasteiger partial charge in [0.05, 0.1) is 0 Å². The summed E-state index contributed by atoms with van der Waals surface area (Å²) in [6.07, 6.45) is 0.665. The van der Waals surface area contributed by atoms with Crippen molar-refractivity contribution in [2.45, 2.75) is 25.9 Å². The summed E-state index contributed by atoms with van der Waals surface area (Å²) >= 11 is 12.0. The van der Waals surface area contributed by atoms with E-state index in [1.807, 2.05) is 18.2 Å². The zero-order valence-corrected chi connectivity index (χ0v) is 13.8. The lowest BCUT2D eigenvalue weighted by Crippen LogP contribution is -2.37. The smallest absolute Gasteiger partial charge is 0.347 e. The van der Waals surface area contributed by atoms with Gasteiger partial charge < -0.3 is 9.84 Å².